The number of alkyl halides is 1. The summed E-state index contributed by atoms with van der Waals surface area (Å²) in [4.78, 5) is 13.1. The van der Waals surface area contributed by atoms with Gasteiger partial charge in [-0.1, -0.05) is 6.08 Å². The first-order chi connectivity index (χ1) is 5.99. The standard InChI is InChI=1S/C9H16ClNO2/c1-7(5-6-10)9(12)13-8(2)11(3)4/h5,8H,6H2,1-4H3. The molecule has 76 valence electrons. The summed E-state index contributed by atoms with van der Waals surface area (Å²) in [6, 6.07) is 0. The molecule has 13 heavy (non-hydrogen) atoms. The molecule has 0 saturated heterocycles. The Bertz CT molecular complexity index is 202. The molecule has 0 aliphatic heterocycles. The lowest BCUT2D eigenvalue weighted by atomic mass is 10.3. The van der Waals surface area contributed by atoms with Gasteiger partial charge in [0.2, 0.25) is 0 Å². The van der Waals surface area contributed by atoms with Gasteiger partial charge in [-0.3, -0.25) is 4.90 Å². The second-order valence-corrected chi connectivity index (χ2v) is 3.32. The van der Waals surface area contributed by atoms with Gasteiger partial charge >= 0.3 is 5.97 Å². The summed E-state index contributed by atoms with van der Waals surface area (Å²) < 4.78 is 5.09. The number of halogens is 1. The molecule has 0 rings (SSSR count). The van der Waals surface area contributed by atoms with Crippen molar-refractivity contribution in [2.45, 2.75) is 20.1 Å². The topological polar surface area (TPSA) is 29.5 Å². The van der Waals surface area contributed by atoms with Crippen LogP contribution in [0.4, 0.5) is 0 Å². The third kappa shape index (κ3) is 4.90. The van der Waals surface area contributed by atoms with Gasteiger partial charge in [0.25, 0.3) is 0 Å². The van der Waals surface area contributed by atoms with Crippen LogP contribution in [0.25, 0.3) is 0 Å². The number of hydrogen-bond acceptors (Lipinski definition) is 3. The zero-order chi connectivity index (χ0) is 10.4. The van der Waals surface area contributed by atoms with Gasteiger partial charge in [0.15, 0.2) is 6.23 Å². The first-order valence-corrected chi connectivity index (χ1v) is 4.62. The Hall–Kier alpha value is -0.540. The quantitative estimate of drug-likeness (QED) is 0.302. The van der Waals surface area contributed by atoms with E-state index in [1.165, 1.54) is 0 Å². The fourth-order valence-electron chi connectivity index (χ4n) is 0.552. The van der Waals surface area contributed by atoms with Gasteiger partial charge in [0, 0.05) is 11.5 Å². The van der Waals surface area contributed by atoms with Gasteiger partial charge in [-0.15, -0.1) is 11.6 Å². The van der Waals surface area contributed by atoms with Crippen molar-refractivity contribution in [2.24, 2.45) is 0 Å². The molecule has 3 nitrogen and oxygen atoms in total. The van der Waals surface area contributed by atoms with Crippen LogP contribution >= 0.6 is 11.6 Å². The smallest absolute Gasteiger partial charge is 0.334 e. The van der Waals surface area contributed by atoms with Crippen molar-refractivity contribution in [2.75, 3.05) is 20.0 Å². The van der Waals surface area contributed by atoms with Crippen LogP contribution in [0.1, 0.15) is 13.8 Å². The van der Waals surface area contributed by atoms with Gasteiger partial charge in [-0.25, -0.2) is 4.79 Å². The predicted molar refractivity (Wildman–Crippen MR) is 53.7 cm³/mol. The van der Waals surface area contributed by atoms with E-state index in [0.29, 0.717) is 11.5 Å². The molecule has 0 aliphatic carbocycles. The molecule has 1 unspecified atom stereocenters. The zero-order valence-corrected chi connectivity index (χ0v) is 9.26. The van der Waals surface area contributed by atoms with Gasteiger partial charge in [0.1, 0.15) is 0 Å². The van der Waals surface area contributed by atoms with E-state index in [1.54, 1.807) is 13.0 Å². The van der Waals surface area contributed by atoms with Gasteiger partial charge in [0.05, 0.1) is 0 Å². The maximum absolute atomic E-state index is 11.3. The SMILES string of the molecule is CC(=CCCl)C(=O)OC(C)N(C)C. The highest BCUT2D eigenvalue weighted by atomic mass is 35.5. The number of hydrogen-bond donors (Lipinski definition) is 0. The van der Waals surface area contributed by atoms with E-state index < -0.39 is 0 Å². The fraction of sp³-hybridized carbons (Fsp3) is 0.667. The minimum atomic E-state index is -0.318. The summed E-state index contributed by atoms with van der Waals surface area (Å²) >= 11 is 5.44. The fourth-order valence-corrected chi connectivity index (χ4v) is 0.784. The minimum Gasteiger partial charge on any atom is -0.443 e. The molecule has 0 aromatic carbocycles. The van der Waals surface area contributed by atoms with E-state index >= 15 is 0 Å². The lowest BCUT2D eigenvalue weighted by Gasteiger charge is -2.19. The van der Waals surface area contributed by atoms with Gasteiger partial charge in [-0.05, 0) is 27.9 Å². The van der Waals surface area contributed by atoms with E-state index in [2.05, 4.69) is 0 Å². The maximum atomic E-state index is 11.3. The molecular weight excluding hydrogens is 190 g/mol. The Labute approximate surface area is 84.3 Å². The van der Waals surface area contributed by atoms with E-state index in [0.717, 1.165) is 0 Å². The first-order valence-electron chi connectivity index (χ1n) is 4.09. The summed E-state index contributed by atoms with van der Waals surface area (Å²) in [5, 5.41) is 0. The number of esters is 1. The van der Waals surface area contributed by atoms with Crippen LogP contribution in [0.15, 0.2) is 11.6 Å². The molecule has 0 aromatic rings. The van der Waals surface area contributed by atoms with Crippen LogP contribution in [0.2, 0.25) is 0 Å². The predicted octanol–water partition coefficient (Wildman–Crippen LogP) is 1.62. The molecule has 0 spiro atoms. The summed E-state index contributed by atoms with van der Waals surface area (Å²) in [6.45, 7) is 3.50. The Morgan fingerprint density at radius 3 is 2.54 bits per heavy atom. The molecular formula is C9H16ClNO2. The van der Waals surface area contributed by atoms with Gasteiger partial charge in [-0.2, -0.15) is 0 Å². The average Bonchev–Trinajstić information content (AvgIpc) is 2.04. The molecule has 0 fully saturated rings. The Balaban J connectivity index is 4.08. The number of ether oxygens (including phenoxy) is 1. The largest absolute Gasteiger partial charge is 0.443 e. The van der Waals surface area contributed by atoms with Crippen molar-refractivity contribution in [3.05, 3.63) is 11.6 Å². The molecule has 0 radical (unpaired) electrons. The number of nitrogens with zero attached hydrogens (tertiary/aromatic N) is 1. The highest BCUT2D eigenvalue weighted by Gasteiger charge is 2.11. The van der Waals surface area contributed by atoms with Crippen LogP contribution in [-0.2, 0) is 9.53 Å². The Morgan fingerprint density at radius 1 is 1.62 bits per heavy atom. The molecule has 0 aliphatic rings. The number of carbonyl (C=O) groups excluding carboxylic acids is 1. The highest BCUT2D eigenvalue weighted by Crippen LogP contribution is 2.02. The molecule has 0 bridgehead atoms. The van der Waals surface area contributed by atoms with Crippen molar-refractivity contribution in [1.29, 1.82) is 0 Å². The normalized spacial score (nSPS) is 14.5. The van der Waals surface area contributed by atoms with Crippen LogP contribution < -0.4 is 0 Å². The van der Waals surface area contributed by atoms with Crippen molar-refractivity contribution in [1.82, 2.24) is 4.90 Å². The molecule has 0 heterocycles. The number of carbonyl (C=O) groups is 1. The van der Waals surface area contributed by atoms with Crippen LogP contribution in [0, 0.1) is 0 Å². The summed E-state index contributed by atoms with van der Waals surface area (Å²) in [5.41, 5.74) is 0.545. The molecule has 0 N–H and O–H groups in total. The van der Waals surface area contributed by atoms with E-state index in [1.807, 2.05) is 25.9 Å². The molecule has 0 aromatic heterocycles. The summed E-state index contributed by atoms with van der Waals surface area (Å²) in [5.74, 6) is 0.0129. The number of rotatable bonds is 4. The van der Waals surface area contributed by atoms with Crippen molar-refractivity contribution in [3.8, 4) is 0 Å². The first kappa shape index (κ1) is 12.5. The molecule has 4 heteroatoms. The summed E-state index contributed by atoms with van der Waals surface area (Å²) in [6.07, 6.45) is 1.41. The average molecular weight is 206 g/mol. The van der Waals surface area contributed by atoms with E-state index in [-0.39, 0.29) is 12.2 Å². The third-order valence-corrected chi connectivity index (χ3v) is 1.86. The third-order valence-electron chi connectivity index (χ3n) is 1.71. The maximum Gasteiger partial charge on any atom is 0.334 e. The lowest BCUT2D eigenvalue weighted by molar-refractivity contribution is -0.150. The molecule has 0 saturated carbocycles. The minimum absolute atomic E-state index is 0.217. The lowest BCUT2D eigenvalue weighted by Crippen LogP contribution is -2.30. The second kappa shape index (κ2) is 6.00. The zero-order valence-electron chi connectivity index (χ0n) is 8.50. The number of allylic oxidation sites excluding steroid dienone is 1. The second-order valence-electron chi connectivity index (χ2n) is 3.01. The van der Waals surface area contributed by atoms with E-state index in [4.69, 9.17) is 16.3 Å². The molecule has 0 amide bonds. The van der Waals surface area contributed by atoms with Crippen LogP contribution in [-0.4, -0.2) is 37.1 Å². The summed E-state index contributed by atoms with van der Waals surface area (Å²) in [7, 11) is 3.69. The Kier molecular flexibility index (Phi) is 5.75. The highest BCUT2D eigenvalue weighted by molar-refractivity contribution is 6.19. The Morgan fingerprint density at radius 2 is 2.15 bits per heavy atom. The van der Waals surface area contributed by atoms with Crippen molar-refractivity contribution in [3.63, 3.8) is 0 Å². The van der Waals surface area contributed by atoms with Crippen molar-refractivity contribution >= 4 is 17.6 Å². The monoisotopic (exact) mass is 205 g/mol. The van der Waals surface area contributed by atoms with E-state index in [9.17, 15) is 4.79 Å². The van der Waals surface area contributed by atoms with Crippen LogP contribution in [0.5, 0.6) is 0 Å². The van der Waals surface area contributed by atoms with Crippen LogP contribution in [0.3, 0.4) is 0 Å². The van der Waals surface area contributed by atoms with Crippen molar-refractivity contribution < 1.29 is 9.53 Å². The molecule has 1 atom stereocenters. The van der Waals surface area contributed by atoms with Gasteiger partial charge < -0.3 is 4.74 Å².